The van der Waals surface area contributed by atoms with Crippen LogP contribution in [-0.2, 0) is 11.3 Å². The molecule has 0 unspecified atom stereocenters. The average Bonchev–Trinajstić information content (AvgIpc) is 2.64. The molecule has 3 rings (SSSR count). The molecule has 0 saturated carbocycles. The number of carbonyl (C=O) groups excluding carboxylic acids is 2. The fourth-order valence-electron chi connectivity index (χ4n) is 2.49. The molecule has 0 bridgehead atoms. The number of carboxylic acids is 1. The van der Waals surface area contributed by atoms with Gasteiger partial charge < -0.3 is 15.2 Å². The Hall–Kier alpha value is -4.08. The molecule has 0 fully saturated rings. The standard InChI is InChI=1S/C17H12N4O6/c22-15(19-14-4-2-1-3-11(14)17(24)25)8-20-9-18-13-6-5-10(21(26)27)7-12(13)16(20)23/h1-7,9H,8H2,(H,19,22)(H,24,25)/p-1. The molecular weight excluding hydrogens is 356 g/mol. The highest BCUT2D eigenvalue weighted by Crippen LogP contribution is 2.16. The number of anilines is 1. The van der Waals surface area contributed by atoms with Crippen LogP contribution in [-0.4, -0.2) is 26.4 Å². The zero-order chi connectivity index (χ0) is 19.6. The van der Waals surface area contributed by atoms with Gasteiger partial charge in [0.1, 0.15) is 6.54 Å². The number of rotatable bonds is 5. The second kappa shape index (κ2) is 7.04. The molecule has 1 N–H and O–H groups in total. The van der Waals surface area contributed by atoms with E-state index in [0.29, 0.717) is 0 Å². The molecule has 0 saturated heterocycles. The summed E-state index contributed by atoms with van der Waals surface area (Å²) < 4.78 is 0.975. The maximum absolute atomic E-state index is 12.5. The normalized spacial score (nSPS) is 10.5. The van der Waals surface area contributed by atoms with E-state index in [-0.39, 0.29) is 27.8 Å². The summed E-state index contributed by atoms with van der Waals surface area (Å²) in [5, 5.41) is 24.3. The lowest BCUT2D eigenvalue weighted by Gasteiger charge is -2.12. The maximum atomic E-state index is 12.5. The number of nitrogens with one attached hydrogen (secondary N) is 1. The van der Waals surface area contributed by atoms with E-state index in [4.69, 9.17) is 0 Å². The average molecular weight is 367 g/mol. The van der Waals surface area contributed by atoms with Gasteiger partial charge in [0, 0.05) is 23.4 Å². The quantitative estimate of drug-likeness (QED) is 0.504. The van der Waals surface area contributed by atoms with Crippen molar-refractivity contribution < 1.29 is 19.6 Å². The Balaban J connectivity index is 1.89. The number of hydrogen-bond acceptors (Lipinski definition) is 7. The van der Waals surface area contributed by atoms with E-state index in [1.165, 1.54) is 36.4 Å². The second-order valence-corrected chi connectivity index (χ2v) is 5.52. The smallest absolute Gasteiger partial charge is 0.270 e. The molecule has 27 heavy (non-hydrogen) atoms. The van der Waals surface area contributed by atoms with Crippen molar-refractivity contribution in [3.8, 4) is 0 Å². The Kier molecular flexibility index (Phi) is 4.62. The van der Waals surface area contributed by atoms with Gasteiger partial charge in [-0.2, -0.15) is 0 Å². The second-order valence-electron chi connectivity index (χ2n) is 5.52. The number of non-ortho nitro benzene ring substituents is 1. The van der Waals surface area contributed by atoms with Crippen LogP contribution in [0.2, 0.25) is 0 Å². The summed E-state index contributed by atoms with van der Waals surface area (Å²) in [7, 11) is 0. The predicted molar refractivity (Wildman–Crippen MR) is 92.1 cm³/mol. The minimum Gasteiger partial charge on any atom is -0.545 e. The number of para-hydroxylation sites is 1. The summed E-state index contributed by atoms with van der Waals surface area (Å²) >= 11 is 0. The fourth-order valence-corrected chi connectivity index (χ4v) is 2.49. The van der Waals surface area contributed by atoms with Crippen LogP contribution in [0, 0.1) is 10.1 Å². The first kappa shape index (κ1) is 17.7. The van der Waals surface area contributed by atoms with Crippen molar-refractivity contribution in [1.82, 2.24) is 9.55 Å². The van der Waals surface area contributed by atoms with Crippen molar-refractivity contribution in [2.45, 2.75) is 6.54 Å². The van der Waals surface area contributed by atoms with Gasteiger partial charge in [0.25, 0.3) is 11.2 Å². The van der Waals surface area contributed by atoms with E-state index in [1.807, 2.05) is 0 Å². The molecule has 0 spiro atoms. The molecule has 1 heterocycles. The van der Waals surface area contributed by atoms with Crippen LogP contribution in [0.25, 0.3) is 10.9 Å². The lowest BCUT2D eigenvalue weighted by Crippen LogP contribution is -2.29. The lowest BCUT2D eigenvalue weighted by atomic mass is 10.2. The maximum Gasteiger partial charge on any atom is 0.270 e. The highest BCUT2D eigenvalue weighted by Gasteiger charge is 2.13. The molecule has 1 aromatic heterocycles. The molecule has 10 heteroatoms. The van der Waals surface area contributed by atoms with Crippen LogP contribution in [0.15, 0.2) is 53.6 Å². The molecule has 0 aliphatic heterocycles. The summed E-state index contributed by atoms with van der Waals surface area (Å²) in [6.45, 7) is -0.453. The number of hydrogen-bond donors (Lipinski definition) is 1. The Morgan fingerprint density at radius 3 is 2.63 bits per heavy atom. The lowest BCUT2D eigenvalue weighted by molar-refractivity contribution is -0.384. The number of nitro benzene ring substituents is 1. The van der Waals surface area contributed by atoms with E-state index in [9.17, 15) is 29.6 Å². The molecule has 2 aromatic carbocycles. The topological polar surface area (TPSA) is 147 Å². The Bertz CT molecular complexity index is 1140. The Labute approximate surface area is 150 Å². The largest absolute Gasteiger partial charge is 0.545 e. The summed E-state index contributed by atoms with van der Waals surface area (Å²) in [6.07, 6.45) is 1.14. The number of nitro groups is 1. The SMILES string of the molecule is O=C(Cn1cnc2ccc([N+](=O)[O-])cc2c1=O)Nc1ccccc1C(=O)[O-]. The third-order valence-corrected chi connectivity index (χ3v) is 3.75. The fraction of sp³-hybridized carbons (Fsp3) is 0.0588. The molecule has 0 atom stereocenters. The van der Waals surface area contributed by atoms with E-state index < -0.39 is 28.9 Å². The Morgan fingerprint density at radius 1 is 1.19 bits per heavy atom. The van der Waals surface area contributed by atoms with Gasteiger partial charge in [-0.05, 0) is 12.1 Å². The first-order valence-electron chi connectivity index (χ1n) is 7.60. The highest BCUT2D eigenvalue weighted by atomic mass is 16.6. The third-order valence-electron chi connectivity index (χ3n) is 3.75. The van der Waals surface area contributed by atoms with Gasteiger partial charge in [-0.3, -0.25) is 24.3 Å². The van der Waals surface area contributed by atoms with Gasteiger partial charge in [0.2, 0.25) is 5.91 Å². The van der Waals surface area contributed by atoms with E-state index in [1.54, 1.807) is 0 Å². The zero-order valence-corrected chi connectivity index (χ0v) is 13.6. The van der Waals surface area contributed by atoms with E-state index in [0.717, 1.165) is 17.0 Å². The summed E-state index contributed by atoms with van der Waals surface area (Å²) in [4.78, 5) is 50.0. The van der Waals surface area contributed by atoms with E-state index in [2.05, 4.69) is 10.3 Å². The molecule has 136 valence electrons. The number of aromatic carboxylic acids is 1. The first-order chi connectivity index (χ1) is 12.9. The van der Waals surface area contributed by atoms with Crippen molar-refractivity contribution in [1.29, 1.82) is 0 Å². The van der Waals surface area contributed by atoms with Crippen LogP contribution < -0.4 is 16.0 Å². The third kappa shape index (κ3) is 3.63. The number of carbonyl (C=O) groups is 2. The minimum atomic E-state index is -1.46. The molecule has 0 aliphatic rings. The van der Waals surface area contributed by atoms with Crippen LogP contribution in [0.3, 0.4) is 0 Å². The summed E-state index contributed by atoms with van der Waals surface area (Å²) in [5.74, 6) is -2.12. The van der Waals surface area contributed by atoms with Crippen molar-refractivity contribution in [2.75, 3.05) is 5.32 Å². The van der Waals surface area contributed by atoms with Gasteiger partial charge >= 0.3 is 0 Å². The van der Waals surface area contributed by atoms with Gasteiger partial charge in [0.15, 0.2) is 0 Å². The first-order valence-corrected chi connectivity index (χ1v) is 7.60. The van der Waals surface area contributed by atoms with Gasteiger partial charge in [-0.15, -0.1) is 0 Å². The minimum absolute atomic E-state index is 0.00497. The predicted octanol–water partition coefficient (Wildman–Crippen LogP) is 0.307. The highest BCUT2D eigenvalue weighted by molar-refractivity contribution is 5.99. The molecule has 3 aromatic rings. The molecule has 10 nitrogen and oxygen atoms in total. The molecule has 0 aliphatic carbocycles. The van der Waals surface area contributed by atoms with Crippen molar-refractivity contribution in [3.63, 3.8) is 0 Å². The number of benzene rings is 2. The Morgan fingerprint density at radius 2 is 1.93 bits per heavy atom. The van der Waals surface area contributed by atoms with Crippen molar-refractivity contribution in [2.24, 2.45) is 0 Å². The van der Waals surface area contributed by atoms with Crippen LogP contribution in [0.4, 0.5) is 11.4 Å². The number of fused-ring (bicyclic) bond motifs is 1. The van der Waals surface area contributed by atoms with E-state index >= 15 is 0 Å². The number of aromatic nitrogens is 2. The summed E-state index contributed by atoms with van der Waals surface area (Å²) in [6, 6.07) is 9.32. The number of amides is 1. The number of carboxylic acid groups (broad SMARTS) is 1. The van der Waals surface area contributed by atoms with Crippen LogP contribution in [0.1, 0.15) is 10.4 Å². The van der Waals surface area contributed by atoms with Crippen molar-refractivity contribution in [3.05, 3.63) is 74.8 Å². The molecule has 1 amide bonds. The van der Waals surface area contributed by atoms with Crippen molar-refractivity contribution >= 4 is 34.2 Å². The molecular formula is C17H11N4O6-. The zero-order valence-electron chi connectivity index (χ0n) is 13.6. The monoisotopic (exact) mass is 367 g/mol. The number of nitrogens with zero attached hydrogens (tertiary/aromatic N) is 3. The van der Waals surface area contributed by atoms with Crippen LogP contribution in [0.5, 0.6) is 0 Å². The summed E-state index contributed by atoms with van der Waals surface area (Å²) in [5.41, 5.74) is -0.825. The van der Waals surface area contributed by atoms with Crippen LogP contribution >= 0.6 is 0 Å². The van der Waals surface area contributed by atoms with Gasteiger partial charge in [0.05, 0.1) is 28.1 Å². The van der Waals surface area contributed by atoms with Gasteiger partial charge in [-0.25, -0.2) is 4.98 Å². The van der Waals surface area contributed by atoms with Gasteiger partial charge in [-0.1, -0.05) is 18.2 Å². The molecule has 0 radical (unpaired) electrons.